The van der Waals surface area contributed by atoms with Crippen molar-refractivity contribution in [1.82, 2.24) is 4.90 Å². The molecule has 1 aromatic carbocycles. The lowest BCUT2D eigenvalue weighted by molar-refractivity contribution is -0.145. The molecule has 1 amide bonds. The summed E-state index contributed by atoms with van der Waals surface area (Å²) in [6.45, 7) is 4.18. The largest absolute Gasteiger partial charge is 0.481 e. The number of carboxylic acids is 1. The second-order valence-corrected chi connectivity index (χ2v) is 7.05. The Morgan fingerprint density at radius 2 is 1.92 bits per heavy atom. The van der Waals surface area contributed by atoms with Crippen LogP contribution in [0.15, 0.2) is 35.3 Å². The average Bonchev–Trinajstić information content (AvgIpc) is 2.57. The summed E-state index contributed by atoms with van der Waals surface area (Å²) in [6.07, 6.45) is 3.77. The van der Waals surface area contributed by atoms with Crippen LogP contribution in [0.3, 0.4) is 0 Å². The number of carboxylic acid groups (broad SMARTS) is 1. The molecule has 0 spiro atoms. The number of hydrogen-bond donors (Lipinski definition) is 1. The first-order chi connectivity index (χ1) is 11.4. The fourth-order valence-corrected chi connectivity index (χ4v) is 3.51. The molecule has 130 valence electrons. The van der Waals surface area contributed by atoms with Crippen LogP contribution in [0.4, 0.5) is 4.39 Å². The van der Waals surface area contributed by atoms with E-state index in [1.807, 2.05) is 0 Å². The number of amides is 1. The zero-order chi connectivity index (χ0) is 17.7. The molecule has 6 heteroatoms. The topological polar surface area (TPSA) is 57.6 Å². The van der Waals surface area contributed by atoms with Gasteiger partial charge in [-0.1, -0.05) is 22.0 Å². The smallest absolute Gasteiger partial charge is 0.306 e. The van der Waals surface area contributed by atoms with E-state index in [2.05, 4.69) is 22.5 Å². The molecule has 1 N–H and O–H groups in total. The van der Waals surface area contributed by atoms with Crippen molar-refractivity contribution in [3.05, 3.63) is 46.7 Å². The summed E-state index contributed by atoms with van der Waals surface area (Å²) in [5.74, 6) is -1.76. The molecule has 1 fully saturated rings. The normalized spacial score (nSPS) is 20.4. The van der Waals surface area contributed by atoms with E-state index in [1.165, 1.54) is 6.07 Å². The van der Waals surface area contributed by atoms with Crippen LogP contribution in [0.25, 0.3) is 0 Å². The molecule has 1 saturated carbocycles. The second kappa shape index (κ2) is 8.42. The molecular formula is C18H21BrFNO3. The molecule has 0 bridgehead atoms. The predicted octanol–water partition coefficient (Wildman–Crippen LogP) is 3.99. The van der Waals surface area contributed by atoms with Crippen molar-refractivity contribution in [2.24, 2.45) is 11.8 Å². The van der Waals surface area contributed by atoms with Gasteiger partial charge >= 0.3 is 5.97 Å². The fourth-order valence-electron chi connectivity index (χ4n) is 3.10. The van der Waals surface area contributed by atoms with Crippen molar-refractivity contribution in [2.75, 3.05) is 6.54 Å². The number of rotatable bonds is 6. The number of halogens is 2. The lowest BCUT2D eigenvalue weighted by atomic mass is 9.81. The Morgan fingerprint density at radius 3 is 2.50 bits per heavy atom. The van der Waals surface area contributed by atoms with Crippen molar-refractivity contribution in [3.63, 3.8) is 0 Å². The highest BCUT2D eigenvalue weighted by Gasteiger charge is 2.32. The zero-order valence-corrected chi connectivity index (χ0v) is 15.0. The first kappa shape index (κ1) is 18.6. The second-order valence-electron chi connectivity index (χ2n) is 6.13. The lowest BCUT2D eigenvalue weighted by Crippen LogP contribution is -2.38. The van der Waals surface area contributed by atoms with Crippen LogP contribution in [0.1, 0.15) is 31.2 Å². The highest BCUT2D eigenvalue weighted by atomic mass is 79.9. The molecule has 4 nitrogen and oxygen atoms in total. The monoisotopic (exact) mass is 397 g/mol. The Labute approximate surface area is 149 Å². The van der Waals surface area contributed by atoms with Gasteiger partial charge in [-0.15, -0.1) is 6.58 Å². The standard InChI is InChI=1S/C18H21BrFNO3/c1-2-9-21(11-14-10-15(19)7-8-16(14)20)17(22)12-3-5-13(6-4-12)18(23)24/h2,7-8,10,12-13H,1,3-6,9,11H2,(H,23,24). The van der Waals surface area contributed by atoms with E-state index in [-0.39, 0.29) is 30.1 Å². The van der Waals surface area contributed by atoms with Crippen molar-refractivity contribution in [3.8, 4) is 0 Å². The first-order valence-electron chi connectivity index (χ1n) is 7.98. The highest BCUT2D eigenvalue weighted by molar-refractivity contribution is 9.10. The lowest BCUT2D eigenvalue weighted by Gasteiger charge is -2.30. The van der Waals surface area contributed by atoms with Crippen LogP contribution in [0, 0.1) is 17.7 Å². The van der Waals surface area contributed by atoms with E-state index in [9.17, 15) is 14.0 Å². The number of benzene rings is 1. The average molecular weight is 398 g/mol. The molecule has 0 aromatic heterocycles. The van der Waals surface area contributed by atoms with Crippen LogP contribution in [-0.4, -0.2) is 28.4 Å². The molecule has 0 radical (unpaired) electrons. The van der Waals surface area contributed by atoms with Gasteiger partial charge in [0.25, 0.3) is 0 Å². The maximum absolute atomic E-state index is 14.0. The van der Waals surface area contributed by atoms with E-state index in [0.717, 1.165) is 4.47 Å². The molecule has 0 atom stereocenters. The Morgan fingerprint density at radius 1 is 1.29 bits per heavy atom. The van der Waals surface area contributed by atoms with E-state index in [1.54, 1.807) is 23.1 Å². The highest BCUT2D eigenvalue weighted by Crippen LogP contribution is 2.30. The maximum Gasteiger partial charge on any atom is 0.306 e. The third kappa shape index (κ3) is 4.66. The van der Waals surface area contributed by atoms with E-state index >= 15 is 0 Å². The van der Waals surface area contributed by atoms with Crippen molar-refractivity contribution in [2.45, 2.75) is 32.2 Å². The Bertz CT molecular complexity index is 627. The number of aliphatic carboxylic acids is 1. The zero-order valence-electron chi connectivity index (χ0n) is 13.4. The molecular weight excluding hydrogens is 377 g/mol. The SMILES string of the molecule is C=CCN(Cc1cc(Br)ccc1F)C(=O)C1CCC(C(=O)O)CC1. The Hall–Kier alpha value is -1.69. The third-order valence-electron chi connectivity index (χ3n) is 4.46. The summed E-state index contributed by atoms with van der Waals surface area (Å²) < 4.78 is 14.7. The minimum absolute atomic E-state index is 0.0573. The summed E-state index contributed by atoms with van der Waals surface area (Å²) in [5, 5.41) is 9.05. The molecule has 0 heterocycles. The minimum Gasteiger partial charge on any atom is -0.481 e. The predicted molar refractivity (Wildman–Crippen MR) is 92.8 cm³/mol. The van der Waals surface area contributed by atoms with Gasteiger partial charge in [0.1, 0.15) is 5.82 Å². The van der Waals surface area contributed by atoms with Gasteiger partial charge in [-0.05, 0) is 43.9 Å². The van der Waals surface area contributed by atoms with Gasteiger partial charge in [-0.2, -0.15) is 0 Å². The number of carbonyl (C=O) groups excluding carboxylic acids is 1. The molecule has 24 heavy (non-hydrogen) atoms. The summed E-state index contributed by atoms with van der Waals surface area (Å²) >= 11 is 3.31. The molecule has 1 aliphatic rings. The van der Waals surface area contributed by atoms with Crippen LogP contribution in [0.2, 0.25) is 0 Å². The minimum atomic E-state index is -0.792. The molecule has 0 unspecified atom stereocenters. The van der Waals surface area contributed by atoms with E-state index in [0.29, 0.717) is 37.8 Å². The van der Waals surface area contributed by atoms with Crippen molar-refractivity contribution >= 4 is 27.8 Å². The molecule has 0 aliphatic heterocycles. The van der Waals surface area contributed by atoms with Crippen molar-refractivity contribution in [1.29, 1.82) is 0 Å². The van der Waals surface area contributed by atoms with Crippen LogP contribution in [-0.2, 0) is 16.1 Å². The van der Waals surface area contributed by atoms with Gasteiger partial charge in [0.2, 0.25) is 5.91 Å². The van der Waals surface area contributed by atoms with Gasteiger partial charge in [0, 0.05) is 29.0 Å². The van der Waals surface area contributed by atoms with Gasteiger partial charge in [0.05, 0.1) is 5.92 Å². The summed E-state index contributed by atoms with van der Waals surface area (Å²) in [6, 6.07) is 4.65. The maximum atomic E-state index is 14.0. The molecule has 2 rings (SSSR count). The molecule has 1 aromatic rings. The number of nitrogens with zero attached hydrogens (tertiary/aromatic N) is 1. The Balaban J connectivity index is 2.07. The molecule has 0 saturated heterocycles. The number of carbonyl (C=O) groups is 2. The van der Waals surface area contributed by atoms with Gasteiger partial charge in [-0.25, -0.2) is 4.39 Å². The van der Waals surface area contributed by atoms with Gasteiger partial charge in [-0.3, -0.25) is 9.59 Å². The summed E-state index contributed by atoms with van der Waals surface area (Å²) in [4.78, 5) is 25.4. The summed E-state index contributed by atoms with van der Waals surface area (Å²) in [5.41, 5.74) is 0.443. The first-order valence-corrected chi connectivity index (χ1v) is 8.78. The van der Waals surface area contributed by atoms with Gasteiger partial charge in [0.15, 0.2) is 0 Å². The van der Waals surface area contributed by atoms with Crippen molar-refractivity contribution < 1.29 is 19.1 Å². The van der Waals surface area contributed by atoms with Crippen LogP contribution < -0.4 is 0 Å². The fraction of sp³-hybridized carbons (Fsp3) is 0.444. The Kier molecular flexibility index (Phi) is 6.54. The van der Waals surface area contributed by atoms with Crippen LogP contribution in [0.5, 0.6) is 0 Å². The van der Waals surface area contributed by atoms with Gasteiger partial charge < -0.3 is 10.0 Å². The summed E-state index contributed by atoms with van der Waals surface area (Å²) in [7, 11) is 0. The number of hydrogen-bond acceptors (Lipinski definition) is 2. The molecule has 1 aliphatic carbocycles. The van der Waals surface area contributed by atoms with Crippen LogP contribution >= 0.6 is 15.9 Å². The van der Waals surface area contributed by atoms with E-state index < -0.39 is 5.97 Å². The third-order valence-corrected chi connectivity index (χ3v) is 4.95. The van der Waals surface area contributed by atoms with E-state index in [4.69, 9.17) is 5.11 Å². The quantitative estimate of drug-likeness (QED) is 0.738.